The minimum absolute atomic E-state index is 0.691. The summed E-state index contributed by atoms with van der Waals surface area (Å²) in [6.07, 6.45) is 2.19. The van der Waals surface area contributed by atoms with Crippen molar-refractivity contribution < 1.29 is 8.42 Å². The van der Waals surface area contributed by atoms with Crippen molar-refractivity contribution in [2.45, 2.75) is 13.3 Å². The zero-order chi connectivity index (χ0) is 6.62. The van der Waals surface area contributed by atoms with Crippen LogP contribution in [0.1, 0.15) is 13.3 Å². The van der Waals surface area contributed by atoms with Gasteiger partial charge in [0.15, 0.2) is 0 Å². The number of primary sulfonamides is 1. The van der Waals surface area contributed by atoms with E-state index in [1.165, 1.54) is 6.08 Å². The summed E-state index contributed by atoms with van der Waals surface area (Å²) >= 11 is 0. The van der Waals surface area contributed by atoms with Crippen LogP contribution in [0.25, 0.3) is 0 Å². The third-order valence-electron chi connectivity index (χ3n) is 0.522. The summed E-state index contributed by atoms with van der Waals surface area (Å²) in [5.41, 5.74) is 0. The Balaban J connectivity index is 3.92. The largest absolute Gasteiger partial charge is 0.230 e. The van der Waals surface area contributed by atoms with Crippen LogP contribution in [0.15, 0.2) is 11.5 Å². The van der Waals surface area contributed by atoms with Crippen LogP contribution >= 0.6 is 0 Å². The molecule has 0 heterocycles. The molecular formula is C4H9NO2S. The van der Waals surface area contributed by atoms with Crippen molar-refractivity contribution in [3.63, 3.8) is 0 Å². The predicted molar refractivity (Wildman–Crippen MR) is 32.5 cm³/mol. The fourth-order valence-corrected chi connectivity index (χ4v) is 0.691. The van der Waals surface area contributed by atoms with E-state index < -0.39 is 10.0 Å². The molecule has 0 aliphatic carbocycles. The van der Waals surface area contributed by atoms with Crippen LogP contribution in [0.4, 0.5) is 0 Å². The molecule has 0 radical (unpaired) electrons. The fraction of sp³-hybridized carbons (Fsp3) is 0.500. The first-order valence-corrected chi connectivity index (χ1v) is 3.86. The number of sulfonamides is 1. The standard InChI is InChI=1S/C4H9NO2S/c1-2-3-4-8(5,6)7/h3-4H,2H2,1H3,(H2,5,6,7)/b4-3+. The fourth-order valence-electron chi connectivity index (χ4n) is 0.230. The zero-order valence-electron chi connectivity index (χ0n) is 4.66. The molecular weight excluding hydrogens is 126 g/mol. The highest BCUT2D eigenvalue weighted by molar-refractivity contribution is 7.92. The first-order chi connectivity index (χ1) is 3.56. The molecule has 48 valence electrons. The van der Waals surface area contributed by atoms with Crippen LogP contribution in [-0.2, 0) is 10.0 Å². The summed E-state index contributed by atoms with van der Waals surface area (Å²) in [6.45, 7) is 1.84. The minimum atomic E-state index is -3.37. The highest BCUT2D eigenvalue weighted by atomic mass is 32.2. The molecule has 0 spiro atoms. The summed E-state index contributed by atoms with van der Waals surface area (Å²) in [7, 11) is -3.37. The average molecular weight is 135 g/mol. The molecule has 0 amide bonds. The lowest BCUT2D eigenvalue weighted by molar-refractivity contribution is 0.606. The number of hydrogen-bond donors (Lipinski definition) is 1. The van der Waals surface area contributed by atoms with Crippen molar-refractivity contribution >= 4 is 10.0 Å². The molecule has 0 aromatic heterocycles. The topological polar surface area (TPSA) is 60.2 Å². The minimum Gasteiger partial charge on any atom is -0.225 e. The zero-order valence-corrected chi connectivity index (χ0v) is 5.48. The molecule has 0 saturated carbocycles. The lowest BCUT2D eigenvalue weighted by Crippen LogP contribution is -2.06. The number of nitrogens with two attached hydrogens (primary N) is 1. The summed E-state index contributed by atoms with van der Waals surface area (Å²) in [4.78, 5) is 0. The van der Waals surface area contributed by atoms with Crippen molar-refractivity contribution in [3.05, 3.63) is 11.5 Å². The van der Waals surface area contributed by atoms with Crippen molar-refractivity contribution in [1.29, 1.82) is 0 Å². The van der Waals surface area contributed by atoms with Gasteiger partial charge in [0.1, 0.15) is 0 Å². The van der Waals surface area contributed by atoms with Crippen LogP contribution in [-0.4, -0.2) is 8.42 Å². The maximum Gasteiger partial charge on any atom is 0.230 e. The van der Waals surface area contributed by atoms with Gasteiger partial charge in [-0.2, -0.15) is 0 Å². The van der Waals surface area contributed by atoms with E-state index in [2.05, 4.69) is 5.14 Å². The van der Waals surface area contributed by atoms with Gasteiger partial charge in [0.05, 0.1) is 0 Å². The quantitative estimate of drug-likeness (QED) is 0.588. The van der Waals surface area contributed by atoms with Crippen molar-refractivity contribution in [3.8, 4) is 0 Å². The van der Waals surface area contributed by atoms with E-state index in [4.69, 9.17) is 0 Å². The lowest BCUT2D eigenvalue weighted by Gasteiger charge is -1.80. The smallest absolute Gasteiger partial charge is 0.225 e. The van der Waals surface area contributed by atoms with Gasteiger partial charge in [-0.15, -0.1) is 0 Å². The summed E-state index contributed by atoms with van der Waals surface area (Å²) < 4.78 is 20.2. The molecule has 0 saturated heterocycles. The third kappa shape index (κ3) is 5.65. The molecule has 0 fully saturated rings. The Kier molecular flexibility index (Phi) is 2.71. The SMILES string of the molecule is CC/C=C/S(N)(=O)=O. The molecule has 0 atom stereocenters. The van der Waals surface area contributed by atoms with Gasteiger partial charge in [-0.25, -0.2) is 13.6 Å². The molecule has 0 aromatic carbocycles. The third-order valence-corrected chi connectivity index (χ3v) is 1.09. The second kappa shape index (κ2) is 2.84. The average Bonchev–Trinajstić information content (AvgIpc) is 1.59. The Labute approximate surface area is 49.2 Å². The van der Waals surface area contributed by atoms with Gasteiger partial charge >= 0.3 is 0 Å². The first kappa shape index (κ1) is 7.65. The van der Waals surface area contributed by atoms with E-state index in [1.54, 1.807) is 0 Å². The van der Waals surface area contributed by atoms with Gasteiger partial charge in [-0.05, 0) is 6.42 Å². The highest BCUT2D eigenvalue weighted by Crippen LogP contribution is 1.83. The van der Waals surface area contributed by atoms with Gasteiger partial charge in [-0.3, -0.25) is 0 Å². The molecule has 0 unspecified atom stereocenters. The molecule has 8 heavy (non-hydrogen) atoms. The van der Waals surface area contributed by atoms with Crippen LogP contribution in [0.3, 0.4) is 0 Å². The van der Waals surface area contributed by atoms with E-state index in [0.29, 0.717) is 6.42 Å². The second-order valence-electron chi connectivity index (χ2n) is 1.37. The van der Waals surface area contributed by atoms with Gasteiger partial charge in [-0.1, -0.05) is 13.0 Å². The molecule has 3 nitrogen and oxygen atoms in total. The molecule has 4 heteroatoms. The van der Waals surface area contributed by atoms with E-state index in [0.717, 1.165) is 5.41 Å². The Morgan fingerprint density at radius 3 is 2.25 bits per heavy atom. The van der Waals surface area contributed by atoms with Crippen molar-refractivity contribution in [2.24, 2.45) is 5.14 Å². The number of rotatable bonds is 2. The molecule has 0 aromatic rings. The molecule has 2 N–H and O–H groups in total. The van der Waals surface area contributed by atoms with Gasteiger partial charge in [0, 0.05) is 5.41 Å². The Morgan fingerprint density at radius 1 is 1.62 bits per heavy atom. The molecule has 0 aliphatic rings. The van der Waals surface area contributed by atoms with Crippen LogP contribution in [0.2, 0.25) is 0 Å². The van der Waals surface area contributed by atoms with E-state index in [1.807, 2.05) is 6.92 Å². The summed E-state index contributed by atoms with van der Waals surface area (Å²) in [6, 6.07) is 0. The monoisotopic (exact) mass is 135 g/mol. The van der Waals surface area contributed by atoms with Crippen molar-refractivity contribution in [1.82, 2.24) is 0 Å². The maximum atomic E-state index is 10.1. The van der Waals surface area contributed by atoms with Crippen LogP contribution < -0.4 is 5.14 Å². The number of hydrogen-bond acceptors (Lipinski definition) is 2. The summed E-state index contributed by atoms with van der Waals surface area (Å²) in [5, 5.41) is 5.60. The van der Waals surface area contributed by atoms with Crippen molar-refractivity contribution in [2.75, 3.05) is 0 Å². The van der Waals surface area contributed by atoms with E-state index >= 15 is 0 Å². The Morgan fingerprint density at radius 2 is 2.12 bits per heavy atom. The van der Waals surface area contributed by atoms with Crippen LogP contribution in [0, 0.1) is 0 Å². The Hall–Kier alpha value is -0.350. The van der Waals surface area contributed by atoms with E-state index in [-0.39, 0.29) is 0 Å². The normalized spacial score (nSPS) is 12.8. The molecule has 0 aliphatic heterocycles. The van der Waals surface area contributed by atoms with Crippen LogP contribution in [0.5, 0.6) is 0 Å². The Bertz CT molecular complexity index is 168. The lowest BCUT2D eigenvalue weighted by atomic mass is 10.5. The summed E-state index contributed by atoms with van der Waals surface area (Å²) in [5.74, 6) is 0. The number of allylic oxidation sites excluding steroid dienone is 1. The van der Waals surface area contributed by atoms with Gasteiger partial charge in [0.2, 0.25) is 10.0 Å². The second-order valence-corrected chi connectivity index (χ2v) is 2.82. The molecule has 0 rings (SSSR count). The van der Waals surface area contributed by atoms with E-state index in [9.17, 15) is 8.42 Å². The molecule has 0 bridgehead atoms. The highest BCUT2D eigenvalue weighted by Gasteiger charge is 1.88. The van der Waals surface area contributed by atoms with Gasteiger partial charge in [0.25, 0.3) is 0 Å². The maximum absolute atomic E-state index is 10.1. The van der Waals surface area contributed by atoms with Gasteiger partial charge < -0.3 is 0 Å². The first-order valence-electron chi connectivity index (χ1n) is 2.25. The predicted octanol–water partition coefficient (Wildman–Crippen LogP) is 0.199.